The van der Waals surface area contributed by atoms with Crippen LogP contribution >= 0.6 is 33.9 Å². The molecule has 0 spiro atoms. The van der Waals surface area contributed by atoms with Crippen LogP contribution in [-0.4, -0.2) is 20.1 Å². The van der Waals surface area contributed by atoms with E-state index in [1.165, 1.54) is 4.70 Å². The predicted octanol–water partition coefficient (Wildman–Crippen LogP) is 4.78. The van der Waals surface area contributed by atoms with Crippen LogP contribution in [0.4, 0.5) is 5.69 Å². The molecule has 0 saturated carbocycles. The fraction of sp³-hybridized carbons (Fsp3) is 0.118. The van der Waals surface area contributed by atoms with E-state index in [1.54, 1.807) is 37.7 Å². The Morgan fingerprint density at radius 2 is 1.83 bits per heavy atom. The first-order valence-electron chi connectivity index (χ1n) is 6.82. The highest BCUT2D eigenvalue weighted by Gasteiger charge is 2.16. The molecule has 1 N–H and O–H groups in total. The molecule has 6 heteroatoms. The van der Waals surface area contributed by atoms with Gasteiger partial charge in [-0.25, -0.2) is 0 Å². The maximum Gasteiger partial charge on any atom is 0.256 e. The van der Waals surface area contributed by atoms with Crippen molar-refractivity contribution in [3.05, 3.63) is 50.9 Å². The molecule has 0 atom stereocenters. The Balaban J connectivity index is 1.90. The summed E-state index contributed by atoms with van der Waals surface area (Å²) in [5.74, 6) is 0.962. The zero-order valence-corrected chi connectivity index (χ0v) is 15.5. The highest BCUT2D eigenvalue weighted by Crippen LogP contribution is 2.32. The summed E-state index contributed by atoms with van der Waals surface area (Å²) in [4.78, 5) is 12.6. The predicted molar refractivity (Wildman–Crippen MR) is 102 cm³/mol. The van der Waals surface area contributed by atoms with E-state index in [0.717, 1.165) is 14.6 Å². The molecule has 0 aliphatic carbocycles. The van der Waals surface area contributed by atoms with Crippen LogP contribution in [-0.2, 0) is 0 Å². The summed E-state index contributed by atoms with van der Waals surface area (Å²) in [5, 5.41) is 6.09. The van der Waals surface area contributed by atoms with Gasteiger partial charge in [0.15, 0.2) is 11.5 Å². The molecule has 0 saturated heterocycles. The van der Waals surface area contributed by atoms with Crippen LogP contribution in [0.5, 0.6) is 11.5 Å². The van der Waals surface area contributed by atoms with Crippen LogP contribution in [0, 0.1) is 3.57 Å². The van der Waals surface area contributed by atoms with Crippen molar-refractivity contribution >= 4 is 55.6 Å². The average Bonchev–Trinajstić information content (AvgIpc) is 3.02. The Morgan fingerprint density at radius 3 is 2.57 bits per heavy atom. The van der Waals surface area contributed by atoms with Gasteiger partial charge in [-0.3, -0.25) is 4.79 Å². The van der Waals surface area contributed by atoms with Gasteiger partial charge >= 0.3 is 0 Å². The molecule has 1 heterocycles. The molecule has 3 rings (SSSR count). The van der Waals surface area contributed by atoms with E-state index in [1.807, 2.05) is 29.6 Å². The third-order valence-electron chi connectivity index (χ3n) is 3.43. The van der Waals surface area contributed by atoms with E-state index in [9.17, 15) is 4.79 Å². The van der Waals surface area contributed by atoms with Crippen molar-refractivity contribution in [2.75, 3.05) is 19.5 Å². The van der Waals surface area contributed by atoms with Crippen molar-refractivity contribution in [1.82, 2.24) is 0 Å². The third-order valence-corrected chi connectivity index (χ3v) is 5.22. The van der Waals surface area contributed by atoms with Gasteiger partial charge in [-0.2, -0.15) is 0 Å². The smallest absolute Gasteiger partial charge is 0.256 e. The second kappa shape index (κ2) is 6.76. The third kappa shape index (κ3) is 3.28. The lowest BCUT2D eigenvalue weighted by molar-refractivity contribution is 0.102. The van der Waals surface area contributed by atoms with Crippen LogP contribution in [0.15, 0.2) is 41.8 Å². The van der Waals surface area contributed by atoms with Gasteiger partial charge in [0, 0.05) is 14.0 Å². The topological polar surface area (TPSA) is 47.6 Å². The lowest BCUT2D eigenvalue weighted by Crippen LogP contribution is -2.13. The normalized spacial score (nSPS) is 10.6. The molecule has 23 heavy (non-hydrogen) atoms. The van der Waals surface area contributed by atoms with Gasteiger partial charge in [0.1, 0.15) is 0 Å². The van der Waals surface area contributed by atoms with Crippen molar-refractivity contribution in [3.63, 3.8) is 0 Å². The minimum atomic E-state index is -0.176. The van der Waals surface area contributed by atoms with E-state index >= 15 is 0 Å². The number of hydrogen-bond donors (Lipinski definition) is 1. The fourth-order valence-corrected chi connectivity index (χ4v) is 3.73. The molecule has 0 radical (unpaired) electrons. The number of carbonyl (C=O) groups excluding carboxylic acids is 1. The molecule has 118 valence electrons. The molecule has 3 aromatic rings. The van der Waals surface area contributed by atoms with E-state index < -0.39 is 0 Å². The molecule has 4 nitrogen and oxygen atoms in total. The Hall–Kier alpha value is -1.80. The molecule has 0 aliphatic rings. The quantitative estimate of drug-likeness (QED) is 0.596. The van der Waals surface area contributed by atoms with Crippen LogP contribution in [0.3, 0.4) is 0 Å². The number of amides is 1. The van der Waals surface area contributed by atoms with Gasteiger partial charge in [-0.1, -0.05) is 0 Å². The summed E-state index contributed by atoms with van der Waals surface area (Å²) in [6.45, 7) is 0. The van der Waals surface area contributed by atoms with Crippen molar-refractivity contribution in [3.8, 4) is 11.5 Å². The first-order valence-corrected chi connectivity index (χ1v) is 8.78. The molecule has 1 aromatic heterocycles. The summed E-state index contributed by atoms with van der Waals surface area (Å²) in [7, 11) is 3.13. The number of rotatable bonds is 4. The maximum absolute atomic E-state index is 12.6. The SMILES string of the molecule is COc1cc(I)c(C(=O)Nc2ccc3sccc3c2)cc1OC. The molecule has 0 bridgehead atoms. The zero-order chi connectivity index (χ0) is 16.4. The van der Waals surface area contributed by atoms with Gasteiger partial charge < -0.3 is 14.8 Å². The summed E-state index contributed by atoms with van der Waals surface area (Å²) in [6, 6.07) is 11.4. The maximum atomic E-state index is 12.6. The summed E-state index contributed by atoms with van der Waals surface area (Å²) < 4.78 is 12.5. The average molecular weight is 439 g/mol. The first-order chi connectivity index (χ1) is 11.1. The van der Waals surface area contributed by atoms with E-state index in [2.05, 4.69) is 27.9 Å². The Bertz CT molecular complexity index is 875. The molecule has 0 fully saturated rings. The molecule has 0 unspecified atom stereocenters. The van der Waals surface area contributed by atoms with Crippen molar-refractivity contribution in [1.29, 1.82) is 0 Å². The number of carbonyl (C=O) groups is 1. The highest BCUT2D eigenvalue weighted by molar-refractivity contribution is 14.1. The number of fused-ring (bicyclic) bond motifs is 1. The number of nitrogens with one attached hydrogen (secondary N) is 1. The van der Waals surface area contributed by atoms with Gasteiger partial charge in [-0.15, -0.1) is 11.3 Å². The minimum absolute atomic E-state index is 0.176. The monoisotopic (exact) mass is 439 g/mol. The minimum Gasteiger partial charge on any atom is -0.493 e. The van der Waals surface area contributed by atoms with Crippen molar-refractivity contribution in [2.24, 2.45) is 0 Å². The van der Waals surface area contributed by atoms with Gasteiger partial charge in [0.2, 0.25) is 0 Å². The van der Waals surface area contributed by atoms with E-state index in [-0.39, 0.29) is 5.91 Å². The number of halogens is 1. The molecule has 1 amide bonds. The lowest BCUT2D eigenvalue weighted by Gasteiger charge is -2.12. The second-order valence-electron chi connectivity index (χ2n) is 4.81. The number of ether oxygens (including phenoxy) is 2. The Morgan fingerprint density at radius 1 is 1.09 bits per heavy atom. The lowest BCUT2D eigenvalue weighted by atomic mass is 10.1. The van der Waals surface area contributed by atoms with Crippen molar-refractivity contribution < 1.29 is 14.3 Å². The van der Waals surface area contributed by atoms with Crippen LogP contribution in [0.25, 0.3) is 10.1 Å². The molecular weight excluding hydrogens is 425 g/mol. The Kier molecular flexibility index (Phi) is 4.72. The van der Waals surface area contributed by atoms with Crippen LogP contribution < -0.4 is 14.8 Å². The summed E-state index contributed by atoms with van der Waals surface area (Å²) >= 11 is 3.80. The number of thiophene rings is 1. The second-order valence-corrected chi connectivity index (χ2v) is 6.92. The number of hydrogen-bond acceptors (Lipinski definition) is 4. The van der Waals surface area contributed by atoms with E-state index in [0.29, 0.717) is 17.1 Å². The first kappa shape index (κ1) is 16.1. The molecular formula is C17H14INO3S. The molecule has 2 aromatic carbocycles. The Labute approximate surface area is 151 Å². The van der Waals surface area contributed by atoms with Crippen LogP contribution in [0.1, 0.15) is 10.4 Å². The largest absolute Gasteiger partial charge is 0.493 e. The number of benzene rings is 2. The zero-order valence-electron chi connectivity index (χ0n) is 12.6. The highest BCUT2D eigenvalue weighted by atomic mass is 127. The summed E-state index contributed by atoms with van der Waals surface area (Å²) in [5.41, 5.74) is 1.32. The van der Waals surface area contributed by atoms with Gasteiger partial charge in [-0.05, 0) is 69.8 Å². The fourth-order valence-electron chi connectivity index (χ4n) is 2.27. The van der Waals surface area contributed by atoms with E-state index in [4.69, 9.17) is 9.47 Å². The van der Waals surface area contributed by atoms with Crippen LogP contribution in [0.2, 0.25) is 0 Å². The van der Waals surface area contributed by atoms with Gasteiger partial charge in [0.05, 0.1) is 19.8 Å². The standard InChI is InChI=1S/C17H14INO3S/c1-21-14-8-12(13(18)9-15(14)22-2)17(20)19-11-3-4-16-10(7-11)5-6-23-16/h3-9H,1-2H3,(H,19,20). The molecule has 0 aliphatic heterocycles. The number of anilines is 1. The number of methoxy groups -OCH3 is 2. The van der Waals surface area contributed by atoms with Gasteiger partial charge in [0.25, 0.3) is 5.91 Å². The van der Waals surface area contributed by atoms with Crippen molar-refractivity contribution in [2.45, 2.75) is 0 Å². The summed E-state index contributed by atoms with van der Waals surface area (Å²) in [6.07, 6.45) is 0.